The SMILES string of the molecule is COC1CC(N2CCOCC2)CCc2ccc(N)cc21. The molecule has 1 fully saturated rings. The first kappa shape index (κ1) is 13.9. The third-order valence-corrected chi connectivity index (χ3v) is 4.60. The highest BCUT2D eigenvalue weighted by molar-refractivity contribution is 5.46. The van der Waals surface area contributed by atoms with E-state index in [4.69, 9.17) is 15.2 Å². The van der Waals surface area contributed by atoms with Crippen LogP contribution in [0.2, 0.25) is 0 Å². The Hall–Kier alpha value is -1.10. The second-order valence-corrected chi connectivity index (χ2v) is 5.76. The summed E-state index contributed by atoms with van der Waals surface area (Å²) in [5.41, 5.74) is 9.45. The molecule has 0 saturated carbocycles. The monoisotopic (exact) mass is 276 g/mol. The van der Waals surface area contributed by atoms with Gasteiger partial charge in [-0.1, -0.05) is 6.07 Å². The number of aryl methyl sites for hydroxylation is 1. The van der Waals surface area contributed by atoms with Crippen molar-refractivity contribution in [1.29, 1.82) is 0 Å². The van der Waals surface area contributed by atoms with Crippen molar-refractivity contribution in [3.8, 4) is 0 Å². The summed E-state index contributed by atoms with van der Waals surface area (Å²) in [7, 11) is 1.80. The molecule has 20 heavy (non-hydrogen) atoms. The molecule has 2 atom stereocenters. The van der Waals surface area contributed by atoms with Gasteiger partial charge in [-0.3, -0.25) is 4.90 Å². The van der Waals surface area contributed by atoms with Crippen molar-refractivity contribution in [2.45, 2.75) is 31.4 Å². The minimum absolute atomic E-state index is 0.156. The molecule has 1 aliphatic heterocycles. The van der Waals surface area contributed by atoms with E-state index in [9.17, 15) is 0 Å². The van der Waals surface area contributed by atoms with Gasteiger partial charge in [0.2, 0.25) is 0 Å². The highest BCUT2D eigenvalue weighted by Gasteiger charge is 2.29. The van der Waals surface area contributed by atoms with Crippen molar-refractivity contribution < 1.29 is 9.47 Å². The molecule has 0 spiro atoms. The normalized spacial score (nSPS) is 27.9. The van der Waals surface area contributed by atoms with Crippen LogP contribution in [0.4, 0.5) is 5.69 Å². The van der Waals surface area contributed by atoms with E-state index in [0.29, 0.717) is 6.04 Å². The van der Waals surface area contributed by atoms with Crippen LogP contribution in [0.1, 0.15) is 30.1 Å². The summed E-state index contributed by atoms with van der Waals surface area (Å²) >= 11 is 0. The van der Waals surface area contributed by atoms with E-state index in [-0.39, 0.29) is 6.10 Å². The Morgan fingerprint density at radius 3 is 2.85 bits per heavy atom. The quantitative estimate of drug-likeness (QED) is 0.663. The fourth-order valence-electron chi connectivity index (χ4n) is 3.45. The number of ether oxygens (including phenoxy) is 2. The van der Waals surface area contributed by atoms with Crippen LogP contribution in [-0.2, 0) is 15.9 Å². The van der Waals surface area contributed by atoms with E-state index in [1.165, 1.54) is 17.5 Å². The molecule has 1 aromatic rings. The molecular weight excluding hydrogens is 252 g/mol. The maximum atomic E-state index is 5.94. The summed E-state index contributed by atoms with van der Waals surface area (Å²) in [6.07, 6.45) is 3.50. The molecule has 0 aromatic heterocycles. The van der Waals surface area contributed by atoms with Gasteiger partial charge in [0.1, 0.15) is 0 Å². The number of nitrogens with two attached hydrogens (primary N) is 1. The van der Waals surface area contributed by atoms with E-state index in [1.807, 2.05) is 6.07 Å². The summed E-state index contributed by atoms with van der Waals surface area (Å²) in [4.78, 5) is 2.56. The van der Waals surface area contributed by atoms with Crippen molar-refractivity contribution in [2.75, 3.05) is 39.1 Å². The Morgan fingerprint density at radius 2 is 2.10 bits per heavy atom. The second-order valence-electron chi connectivity index (χ2n) is 5.76. The lowest BCUT2D eigenvalue weighted by Crippen LogP contribution is -2.44. The van der Waals surface area contributed by atoms with Crippen LogP contribution < -0.4 is 5.73 Å². The maximum absolute atomic E-state index is 5.94. The van der Waals surface area contributed by atoms with E-state index in [2.05, 4.69) is 17.0 Å². The Labute approximate surface area is 120 Å². The van der Waals surface area contributed by atoms with Gasteiger partial charge in [0.25, 0.3) is 0 Å². The van der Waals surface area contributed by atoms with Gasteiger partial charge < -0.3 is 15.2 Å². The predicted molar refractivity (Wildman–Crippen MR) is 79.7 cm³/mol. The first-order valence-electron chi connectivity index (χ1n) is 7.51. The standard InChI is InChI=1S/C16H24N2O2/c1-19-16-11-14(18-6-8-20-9-7-18)5-3-12-2-4-13(17)10-15(12)16/h2,4,10,14,16H,3,5-9,11,17H2,1H3. The van der Waals surface area contributed by atoms with Crippen LogP contribution >= 0.6 is 0 Å². The number of hydrogen-bond donors (Lipinski definition) is 1. The number of hydrogen-bond acceptors (Lipinski definition) is 4. The molecule has 110 valence electrons. The second kappa shape index (κ2) is 6.12. The van der Waals surface area contributed by atoms with Crippen molar-refractivity contribution in [2.24, 2.45) is 0 Å². The van der Waals surface area contributed by atoms with Crippen LogP contribution in [0.15, 0.2) is 18.2 Å². The third kappa shape index (κ3) is 2.82. The molecule has 1 aromatic carbocycles. The molecule has 4 nitrogen and oxygen atoms in total. The molecule has 2 N–H and O–H groups in total. The van der Waals surface area contributed by atoms with Crippen LogP contribution in [0.3, 0.4) is 0 Å². The number of nitrogens with zero attached hydrogens (tertiary/aromatic N) is 1. The molecule has 1 aliphatic carbocycles. The van der Waals surface area contributed by atoms with E-state index in [1.54, 1.807) is 7.11 Å². The molecule has 4 heteroatoms. The molecular formula is C16H24N2O2. The van der Waals surface area contributed by atoms with Crippen LogP contribution in [0.5, 0.6) is 0 Å². The number of fused-ring (bicyclic) bond motifs is 1. The summed E-state index contributed by atoms with van der Waals surface area (Å²) < 4.78 is 11.2. The van der Waals surface area contributed by atoms with Crippen molar-refractivity contribution in [3.63, 3.8) is 0 Å². The number of methoxy groups -OCH3 is 1. The zero-order chi connectivity index (χ0) is 13.9. The number of nitrogen functional groups attached to an aromatic ring is 1. The minimum Gasteiger partial charge on any atom is -0.399 e. The van der Waals surface area contributed by atoms with Crippen LogP contribution in [-0.4, -0.2) is 44.4 Å². The van der Waals surface area contributed by atoms with E-state index < -0.39 is 0 Å². The number of morpholine rings is 1. The summed E-state index contributed by atoms with van der Waals surface area (Å²) in [5, 5.41) is 0. The van der Waals surface area contributed by atoms with Gasteiger partial charge in [0.15, 0.2) is 0 Å². The van der Waals surface area contributed by atoms with Crippen molar-refractivity contribution in [3.05, 3.63) is 29.3 Å². The zero-order valence-electron chi connectivity index (χ0n) is 12.2. The number of benzene rings is 1. The fraction of sp³-hybridized carbons (Fsp3) is 0.625. The van der Waals surface area contributed by atoms with Crippen LogP contribution in [0, 0.1) is 0 Å². The summed E-state index contributed by atoms with van der Waals surface area (Å²) in [5.74, 6) is 0. The van der Waals surface area contributed by atoms with Crippen LogP contribution in [0.25, 0.3) is 0 Å². The lowest BCUT2D eigenvalue weighted by atomic mass is 10.00. The first-order chi connectivity index (χ1) is 9.78. The molecule has 0 amide bonds. The maximum Gasteiger partial charge on any atom is 0.0839 e. The average molecular weight is 276 g/mol. The molecule has 1 heterocycles. The van der Waals surface area contributed by atoms with Gasteiger partial charge >= 0.3 is 0 Å². The highest BCUT2D eigenvalue weighted by Crippen LogP contribution is 2.34. The summed E-state index contributed by atoms with van der Waals surface area (Å²) in [6, 6.07) is 6.84. The Balaban J connectivity index is 1.81. The van der Waals surface area contributed by atoms with Gasteiger partial charge in [-0.05, 0) is 42.5 Å². The minimum atomic E-state index is 0.156. The third-order valence-electron chi connectivity index (χ3n) is 4.60. The predicted octanol–water partition coefficient (Wildman–Crippen LogP) is 1.99. The molecule has 2 unspecified atom stereocenters. The Bertz CT molecular complexity index is 458. The Kier molecular flexibility index (Phi) is 4.24. The summed E-state index contributed by atoms with van der Waals surface area (Å²) in [6.45, 7) is 3.79. The fourth-order valence-corrected chi connectivity index (χ4v) is 3.45. The van der Waals surface area contributed by atoms with Gasteiger partial charge in [-0.15, -0.1) is 0 Å². The van der Waals surface area contributed by atoms with E-state index >= 15 is 0 Å². The van der Waals surface area contributed by atoms with Gasteiger partial charge in [0.05, 0.1) is 19.3 Å². The molecule has 1 saturated heterocycles. The molecule has 2 aliphatic rings. The lowest BCUT2D eigenvalue weighted by Gasteiger charge is -2.35. The first-order valence-corrected chi connectivity index (χ1v) is 7.51. The van der Waals surface area contributed by atoms with Gasteiger partial charge in [-0.25, -0.2) is 0 Å². The topological polar surface area (TPSA) is 47.7 Å². The lowest BCUT2D eigenvalue weighted by molar-refractivity contribution is -0.00306. The zero-order valence-corrected chi connectivity index (χ0v) is 12.2. The van der Waals surface area contributed by atoms with Crippen molar-refractivity contribution >= 4 is 5.69 Å². The molecule has 0 bridgehead atoms. The smallest absolute Gasteiger partial charge is 0.0839 e. The van der Waals surface area contributed by atoms with Crippen molar-refractivity contribution in [1.82, 2.24) is 4.90 Å². The largest absolute Gasteiger partial charge is 0.399 e. The highest BCUT2D eigenvalue weighted by atomic mass is 16.5. The number of anilines is 1. The molecule has 0 radical (unpaired) electrons. The molecule has 3 rings (SSSR count). The Morgan fingerprint density at radius 1 is 1.30 bits per heavy atom. The van der Waals surface area contributed by atoms with Gasteiger partial charge in [0, 0.05) is 31.9 Å². The van der Waals surface area contributed by atoms with Gasteiger partial charge in [-0.2, -0.15) is 0 Å². The average Bonchev–Trinajstić information content (AvgIpc) is 2.67. The van der Waals surface area contributed by atoms with E-state index in [0.717, 1.165) is 44.8 Å². The number of rotatable bonds is 2.